The summed E-state index contributed by atoms with van der Waals surface area (Å²) in [6, 6.07) is 5.14. The van der Waals surface area contributed by atoms with Gasteiger partial charge in [-0.3, -0.25) is 0 Å². The highest BCUT2D eigenvalue weighted by atomic mass is 79.9. The minimum Gasteiger partial charge on any atom is -0.206 e. The van der Waals surface area contributed by atoms with Gasteiger partial charge in [-0.2, -0.15) is 0 Å². The summed E-state index contributed by atoms with van der Waals surface area (Å²) in [6.07, 6.45) is 0.903. The third-order valence-electron chi connectivity index (χ3n) is 2.62. The molecule has 0 radical (unpaired) electrons. The van der Waals surface area contributed by atoms with E-state index >= 15 is 0 Å². The van der Waals surface area contributed by atoms with Crippen LogP contribution in [0.3, 0.4) is 0 Å². The molecule has 0 nitrogen and oxygen atoms in total. The van der Waals surface area contributed by atoms with Gasteiger partial charge in [-0.25, -0.2) is 4.39 Å². The van der Waals surface area contributed by atoms with Crippen molar-refractivity contribution in [2.75, 3.05) is 5.88 Å². The van der Waals surface area contributed by atoms with E-state index < -0.39 is 0 Å². The molecule has 0 aliphatic carbocycles. The van der Waals surface area contributed by atoms with Gasteiger partial charge in [0.15, 0.2) is 0 Å². The molecule has 0 fully saturated rings. The topological polar surface area (TPSA) is 0 Å². The second-order valence-electron chi connectivity index (χ2n) is 4.11. The quantitative estimate of drug-likeness (QED) is 0.709. The Morgan fingerprint density at radius 3 is 2.53 bits per heavy atom. The lowest BCUT2D eigenvalue weighted by molar-refractivity contribution is 0.422. The van der Waals surface area contributed by atoms with Crippen molar-refractivity contribution >= 4 is 27.5 Å². The van der Waals surface area contributed by atoms with Gasteiger partial charge in [0.05, 0.1) is 4.47 Å². The average Bonchev–Trinajstić information content (AvgIpc) is 2.19. The summed E-state index contributed by atoms with van der Waals surface area (Å²) >= 11 is 9.08. The zero-order valence-electron chi connectivity index (χ0n) is 8.93. The molecule has 1 unspecified atom stereocenters. The van der Waals surface area contributed by atoms with Gasteiger partial charge < -0.3 is 0 Å². The predicted octanol–water partition coefficient (Wildman–Crippen LogP) is 4.64. The highest BCUT2D eigenvalue weighted by molar-refractivity contribution is 9.10. The van der Waals surface area contributed by atoms with E-state index in [0.29, 0.717) is 22.2 Å². The zero-order valence-corrected chi connectivity index (χ0v) is 11.3. The largest absolute Gasteiger partial charge is 0.206 e. The molecule has 84 valence electrons. The van der Waals surface area contributed by atoms with E-state index in [9.17, 15) is 4.39 Å². The molecule has 1 aromatic carbocycles. The van der Waals surface area contributed by atoms with Crippen molar-refractivity contribution in [2.24, 2.45) is 11.8 Å². The molecule has 3 heteroatoms. The second-order valence-corrected chi connectivity index (χ2v) is 5.27. The summed E-state index contributed by atoms with van der Waals surface area (Å²) < 4.78 is 13.5. The van der Waals surface area contributed by atoms with Gasteiger partial charge in [0.1, 0.15) is 5.82 Å². The highest BCUT2D eigenvalue weighted by Crippen LogP contribution is 2.22. The standard InChI is InChI=1S/C12H15BrClF/c1-8(2)10(7-14)5-9-3-4-12(15)11(13)6-9/h3-4,6,8,10H,5,7H2,1-2H3. The van der Waals surface area contributed by atoms with Crippen molar-refractivity contribution in [1.82, 2.24) is 0 Å². The molecule has 0 bridgehead atoms. The first kappa shape index (κ1) is 13.0. The van der Waals surface area contributed by atoms with Crippen LogP contribution in [-0.2, 0) is 6.42 Å². The van der Waals surface area contributed by atoms with Crippen molar-refractivity contribution in [3.63, 3.8) is 0 Å². The van der Waals surface area contributed by atoms with Gasteiger partial charge in [0.2, 0.25) is 0 Å². The number of benzene rings is 1. The summed E-state index contributed by atoms with van der Waals surface area (Å²) in [6.45, 7) is 4.32. The SMILES string of the molecule is CC(C)C(CCl)Cc1ccc(F)c(Br)c1. The van der Waals surface area contributed by atoms with Crippen LogP contribution in [0.5, 0.6) is 0 Å². The summed E-state index contributed by atoms with van der Waals surface area (Å²) in [5, 5.41) is 0. The third kappa shape index (κ3) is 3.76. The fourth-order valence-corrected chi connectivity index (χ4v) is 2.33. The van der Waals surface area contributed by atoms with Gasteiger partial charge in [-0.15, -0.1) is 11.6 Å². The minimum absolute atomic E-state index is 0.217. The van der Waals surface area contributed by atoms with Crippen molar-refractivity contribution in [2.45, 2.75) is 20.3 Å². The molecule has 0 N–H and O–H groups in total. The van der Waals surface area contributed by atoms with Crippen molar-refractivity contribution in [3.05, 3.63) is 34.1 Å². The highest BCUT2D eigenvalue weighted by Gasteiger charge is 2.13. The number of hydrogen-bond donors (Lipinski definition) is 0. The average molecular weight is 294 g/mol. The number of alkyl halides is 1. The molecule has 15 heavy (non-hydrogen) atoms. The predicted molar refractivity (Wildman–Crippen MR) is 66.9 cm³/mol. The van der Waals surface area contributed by atoms with Crippen LogP contribution in [0.4, 0.5) is 4.39 Å². The van der Waals surface area contributed by atoms with Crippen molar-refractivity contribution in [3.8, 4) is 0 Å². The van der Waals surface area contributed by atoms with E-state index in [1.165, 1.54) is 6.07 Å². The zero-order chi connectivity index (χ0) is 11.4. The lowest BCUT2D eigenvalue weighted by Crippen LogP contribution is -2.13. The Morgan fingerprint density at radius 1 is 1.40 bits per heavy atom. The molecule has 0 heterocycles. The van der Waals surface area contributed by atoms with Crippen LogP contribution in [0.15, 0.2) is 22.7 Å². The summed E-state index contributed by atoms with van der Waals surface area (Å²) in [7, 11) is 0. The first-order valence-corrected chi connectivity index (χ1v) is 6.37. The third-order valence-corrected chi connectivity index (χ3v) is 3.63. The van der Waals surface area contributed by atoms with E-state index in [1.807, 2.05) is 12.1 Å². The van der Waals surface area contributed by atoms with Gasteiger partial charge in [0, 0.05) is 5.88 Å². The maximum absolute atomic E-state index is 13.0. The molecular weight excluding hydrogens is 278 g/mol. The first-order valence-electron chi connectivity index (χ1n) is 5.04. The molecular formula is C12H15BrClF. The Balaban J connectivity index is 2.75. The number of hydrogen-bond acceptors (Lipinski definition) is 0. The normalized spacial score (nSPS) is 13.2. The summed E-state index contributed by atoms with van der Waals surface area (Å²) in [4.78, 5) is 0. The fraction of sp³-hybridized carbons (Fsp3) is 0.500. The van der Waals surface area contributed by atoms with E-state index in [-0.39, 0.29) is 5.82 Å². The van der Waals surface area contributed by atoms with Crippen LogP contribution in [0.1, 0.15) is 19.4 Å². The fourth-order valence-electron chi connectivity index (χ4n) is 1.44. The Morgan fingerprint density at radius 2 is 2.07 bits per heavy atom. The Hall–Kier alpha value is -0.0800. The molecule has 0 amide bonds. The summed E-state index contributed by atoms with van der Waals surface area (Å²) in [5.41, 5.74) is 1.13. The van der Waals surface area contributed by atoms with E-state index in [2.05, 4.69) is 29.8 Å². The summed E-state index contributed by atoms with van der Waals surface area (Å²) in [5.74, 6) is 1.42. The van der Waals surface area contributed by atoms with E-state index in [0.717, 1.165) is 12.0 Å². The van der Waals surface area contributed by atoms with E-state index in [1.54, 1.807) is 0 Å². The van der Waals surface area contributed by atoms with Crippen molar-refractivity contribution < 1.29 is 4.39 Å². The Bertz CT molecular complexity index is 325. The van der Waals surface area contributed by atoms with Gasteiger partial charge in [-0.05, 0) is 51.9 Å². The molecule has 1 aromatic rings. The van der Waals surface area contributed by atoms with Crippen LogP contribution >= 0.6 is 27.5 Å². The minimum atomic E-state index is -0.217. The number of rotatable bonds is 4. The molecule has 0 aliphatic rings. The molecule has 1 atom stereocenters. The molecule has 0 aromatic heterocycles. The van der Waals surface area contributed by atoms with Crippen LogP contribution in [0.25, 0.3) is 0 Å². The van der Waals surface area contributed by atoms with Gasteiger partial charge >= 0.3 is 0 Å². The molecule has 1 rings (SSSR count). The van der Waals surface area contributed by atoms with Crippen LogP contribution < -0.4 is 0 Å². The van der Waals surface area contributed by atoms with Crippen LogP contribution in [0, 0.1) is 17.7 Å². The molecule has 0 spiro atoms. The van der Waals surface area contributed by atoms with Crippen LogP contribution in [-0.4, -0.2) is 5.88 Å². The number of halogens is 3. The lowest BCUT2D eigenvalue weighted by Gasteiger charge is -2.18. The maximum atomic E-state index is 13.0. The second kappa shape index (κ2) is 5.86. The van der Waals surface area contributed by atoms with Gasteiger partial charge in [-0.1, -0.05) is 19.9 Å². The molecule has 0 saturated carbocycles. The van der Waals surface area contributed by atoms with Gasteiger partial charge in [0.25, 0.3) is 0 Å². The van der Waals surface area contributed by atoms with Crippen LogP contribution in [0.2, 0.25) is 0 Å². The Labute approximate surface area is 104 Å². The molecule has 0 saturated heterocycles. The smallest absolute Gasteiger partial charge is 0.137 e. The molecule has 0 aliphatic heterocycles. The van der Waals surface area contributed by atoms with E-state index in [4.69, 9.17) is 11.6 Å². The lowest BCUT2D eigenvalue weighted by atomic mass is 9.91. The maximum Gasteiger partial charge on any atom is 0.137 e. The van der Waals surface area contributed by atoms with Crippen molar-refractivity contribution in [1.29, 1.82) is 0 Å². The first-order chi connectivity index (χ1) is 7.04. The monoisotopic (exact) mass is 292 g/mol. The Kier molecular flexibility index (Phi) is 5.07.